The van der Waals surface area contributed by atoms with E-state index in [4.69, 9.17) is 11.6 Å². The van der Waals surface area contributed by atoms with Crippen molar-refractivity contribution in [3.05, 3.63) is 0 Å². The van der Waals surface area contributed by atoms with Crippen LogP contribution in [0.4, 0.5) is 0 Å². The minimum atomic E-state index is 0.299. The Labute approximate surface area is 74.7 Å². The van der Waals surface area contributed by atoms with E-state index >= 15 is 0 Å². The van der Waals surface area contributed by atoms with Crippen molar-refractivity contribution in [2.45, 2.75) is 44.5 Å². The van der Waals surface area contributed by atoms with Crippen molar-refractivity contribution in [3.8, 4) is 0 Å². The normalized spacial score (nSPS) is 28.9. The molecule has 0 N–H and O–H groups in total. The van der Waals surface area contributed by atoms with Crippen LogP contribution in [0.1, 0.15) is 33.6 Å². The summed E-state index contributed by atoms with van der Waals surface area (Å²) in [6.07, 6.45) is 2.44. The molecule has 66 valence electrons. The highest BCUT2D eigenvalue weighted by atomic mass is 35.5. The molecule has 1 fully saturated rings. The summed E-state index contributed by atoms with van der Waals surface area (Å²) in [5, 5.41) is 0.378. The highest BCUT2D eigenvalue weighted by Gasteiger charge is 2.26. The lowest BCUT2D eigenvalue weighted by Gasteiger charge is -2.40. The zero-order valence-electron chi connectivity index (χ0n) is 7.73. The summed E-state index contributed by atoms with van der Waals surface area (Å²) in [4.78, 5) is 2.47. The quantitative estimate of drug-likeness (QED) is 0.512. The Balaban J connectivity index is 2.46. The molecule has 1 rings (SSSR count). The van der Waals surface area contributed by atoms with Gasteiger partial charge in [-0.1, -0.05) is 0 Å². The van der Waals surface area contributed by atoms with Crippen LogP contribution >= 0.6 is 11.6 Å². The number of hydrogen-bond donors (Lipinski definition) is 0. The summed E-state index contributed by atoms with van der Waals surface area (Å²) < 4.78 is 0. The number of halogens is 1. The minimum Gasteiger partial charge on any atom is -0.297 e. The van der Waals surface area contributed by atoms with Gasteiger partial charge in [0, 0.05) is 17.5 Å². The molecule has 0 aliphatic carbocycles. The van der Waals surface area contributed by atoms with Gasteiger partial charge < -0.3 is 0 Å². The van der Waals surface area contributed by atoms with Crippen LogP contribution in [0.2, 0.25) is 0 Å². The van der Waals surface area contributed by atoms with Gasteiger partial charge in [-0.25, -0.2) is 0 Å². The summed E-state index contributed by atoms with van der Waals surface area (Å²) in [7, 11) is 0. The average molecular weight is 176 g/mol. The molecule has 1 heterocycles. The second-order valence-corrected chi connectivity index (χ2v) is 4.97. The number of alkyl halides is 1. The van der Waals surface area contributed by atoms with E-state index in [0.717, 1.165) is 6.54 Å². The molecule has 1 aliphatic heterocycles. The first-order valence-corrected chi connectivity index (χ1v) is 4.83. The first-order chi connectivity index (χ1) is 5.00. The van der Waals surface area contributed by atoms with Gasteiger partial charge in [0.25, 0.3) is 0 Å². The minimum absolute atomic E-state index is 0.299. The van der Waals surface area contributed by atoms with Gasteiger partial charge in [-0.3, -0.25) is 4.90 Å². The van der Waals surface area contributed by atoms with Crippen molar-refractivity contribution in [1.82, 2.24) is 4.90 Å². The fourth-order valence-corrected chi connectivity index (χ4v) is 1.86. The van der Waals surface area contributed by atoms with E-state index in [0.29, 0.717) is 10.9 Å². The van der Waals surface area contributed by atoms with Gasteiger partial charge in [0.05, 0.1) is 0 Å². The lowest BCUT2D eigenvalue weighted by Crippen LogP contribution is -2.47. The van der Waals surface area contributed by atoms with Gasteiger partial charge in [0.1, 0.15) is 0 Å². The molecular weight excluding hydrogens is 158 g/mol. The molecule has 0 spiro atoms. The van der Waals surface area contributed by atoms with Crippen molar-refractivity contribution in [1.29, 1.82) is 0 Å². The molecule has 0 aromatic heterocycles. The summed E-state index contributed by atoms with van der Waals surface area (Å²) in [6, 6.07) is 0. The fraction of sp³-hybridized carbons (Fsp3) is 1.00. The van der Waals surface area contributed by atoms with E-state index in [1.165, 1.54) is 19.4 Å². The molecule has 1 atom stereocenters. The molecule has 11 heavy (non-hydrogen) atoms. The molecule has 1 unspecified atom stereocenters. The molecule has 1 saturated heterocycles. The Morgan fingerprint density at radius 3 is 2.36 bits per heavy atom. The molecule has 2 heteroatoms. The van der Waals surface area contributed by atoms with Crippen LogP contribution in [0.25, 0.3) is 0 Å². The van der Waals surface area contributed by atoms with E-state index in [-0.39, 0.29) is 0 Å². The van der Waals surface area contributed by atoms with Crippen molar-refractivity contribution < 1.29 is 0 Å². The highest BCUT2D eigenvalue weighted by molar-refractivity contribution is 6.20. The molecule has 0 radical (unpaired) electrons. The van der Waals surface area contributed by atoms with Crippen LogP contribution in [-0.4, -0.2) is 28.9 Å². The number of likely N-dealkylation sites (tertiary alicyclic amines) is 1. The monoisotopic (exact) mass is 175 g/mol. The fourth-order valence-electron chi connectivity index (χ4n) is 1.53. The lowest BCUT2D eigenvalue weighted by molar-refractivity contribution is 0.113. The summed E-state index contributed by atoms with van der Waals surface area (Å²) in [6.45, 7) is 9.03. The summed E-state index contributed by atoms with van der Waals surface area (Å²) in [5.41, 5.74) is 0.299. The molecule has 1 aliphatic rings. The maximum atomic E-state index is 6.08. The van der Waals surface area contributed by atoms with E-state index in [1.54, 1.807) is 0 Å². The Hall–Kier alpha value is 0.250. The van der Waals surface area contributed by atoms with E-state index < -0.39 is 0 Å². The van der Waals surface area contributed by atoms with E-state index in [1.807, 2.05) is 0 Å². The Bertz CT molecular complexity index is 128. The summed E-state index contributed by atoms with van der Waals surface area (Å²) in [5.74, 6) is 0. The number of nitrogens with zero attached hydrogens (tertiary/aromatic N) is 1. The lowest BCUT2D eigenvalue weighted by atomic mass is 10.0. The number of piperidine rings is 1. The molecular formula is C9H18ClN. The van der Waals surface area contributed by atoms with Crippen LogP contribution < -0.4 is 0 Å². The van der Waals surface area contributed by atoms with Gasteiger partial charge in [-0.2, -0.15) is 0 Å². The Morgan fingerprint density at radius 1 is 1.36 bits per heavy atom. The largest absolute Gasteiger partial charge is 0.297 e. The Kier molecular flexibility index (Phi) is 2.82. The maximum Gasteiger partial charge on any atom is 0.0463 e. The number of hydrogen-bond acceptors (Lipinski definition) is 1. The second kappa shape index (κ2) is 3.32. The molecule has 0 bridgehead atoms. The van der Waals surface area contributed by atoms with Crippen molar-refractivity contribution in [2.24, 2.45) is 0 Å². The van der Waals surface area contributed by atoms with Gasteiger partial charge >= 0.3 is 0 Å². The standard InChI is InChI=1S/C9H18ClN/c1-9(2,3)11-6-4-5-8(10)7-11/h8H,4-7H2,1-3H3. The third-order valence-corrected chi connectivity index (χ3v) is 2.67. The van der Waals surface area contributed by atoms with Gasteiger partial charge in [-0.05, 0) is 40.2 Å². The third kappa shape index (κ3) is 2.64. The van der Waals surface area contributed by atoms with Crippen molar-refractivity contribution in [3.63, 3.8) is 0 Å². The van der Waals surface area contributed by atoms with Crippen LogP contribution in [0.15, 0.2) is 0 Å². The Morgan fingerprint density at radius 2 is 2.00 bits per heavy atom. The highest BCUT2D eigenvalue weighted by Crippen LogP contribution is 2.22. The predicted molar refractivity (Wildman–Crippen MR) is 50.2 cm³/mol. The van der Waals surface area contributed by atoms with Gasteiger partial charge in [0.2, 0.25) is 0 Å². The average Bonchev–Trinajstić information content (AvgIpc) is 1.86. The molecule has 0 saturated carbocycles. The first kappa shape index (κ1) is 9.34. The van der Waals surface area contributed by atoms with E-state index in [2.05, 4.69) is 25.7 Å². The van der Waals surface area contributed by atoms with Gasteiger partial charge in [0.15, 0.2) is 0 Å². The molecule has 1 nitrogen and oxygen atoms in total. The number of rotatable bonds is 0. The first-order valence-electron chi connectivity index (χ1n) is 4.39. The van der Waals surface area contributed by atoms with Gasteiger partial charge in [-0.15, -0.1) is 11.6 Å². The van der Waals surface area contributed by atoms with Crippen molar-refractivity contribution >= 4 is 11.6 Å². The third-order valence-electron chi connectivity index (χ3n) is 2.31. The smallest absolute Gasteiger partial charge is 0.0463 e. The van der Waals surface area contributed by atoms with Crippen LogP contribution in [0.5, 0.6) is 0 Å². The zero-order chi connectivity index (χ0) is 8.48. The maximum absolute atomic E-state index is 6.08. The molecule has 0 amide bonds. The summed E-state index contributed by atoms with van der Waals surface area (Å²) >= 11 is 6.08. The second-order valence-electron chi connectivity index (χ2n) is 4.36. The SMILES string of the molecule is CC(C)(C)N1CCCC(Cl)C1. The van der Waals surface area contributed by atoms with E-state index in [9.17, 15) is 0 Å². The van der Waals surface area contributed by atoms with Crippen LogP contribution in [-0.2, 0) is 0 Å². The molecule has 0 aromatic carbocycles. The van der Waals surface area contributed by atoms with Crippen LogP contribution in [0, 0.1) is 0 Å². The molecule has 0 aromatic rings. The van der Waals surface area contributed by atoms with Crippen LogP contribution in [0.3, 0.4) is 0 Å². The van der Waals surface area contributed by atoms with Crippen molar-refractivity contribution in [2.75, 3.05) is 13.1 Å². The zero-order valence-corrected chi connectivity index (χ0v) is 8.49. The predicted octanol–water partition coefficient (Wildman–Crippen LogP) is 2.49. The topological polar surface area (TPSA) is 3.24 Å².